The highest BCUT2D eigenvalue weighted by Crippen LogP contribution is 2.53. The lowest BCUT2D eigenvalue weighted by Crippen LogP contribution is -2.29. The molecule has 6 heteroatoms. The van der Waals surface area contributed by atoms with Gasteiger partial charge in [0, 0.05) is 48.4 Å². The van der Waals surface area contributed by atoms with Gasteiger partial charge in [0.2, 0.25) is 0 Å². The third-order valence-corrected chi connectivity index (χ3v) is 6.69. The number of piperidine rings is 1. The van der Waals surface area contributed by atoms with Gasteiger partial charge in [-0.15, -0.1) is 0 Å². The van der Waals surface area contributed by atoms with Gasteiger partial charge in [-0.05, 0) is 43.0 Å². The molecule has 1 saturated carbocycles. The van der Waals surface area contributed by atoms with E-state index in [1.54, 1.807) is 6.20 Å². The molecule has 4 heterocycles. The smallest absolute Gasteiger partial charge is 0.177 e. The van der Waals surface area contributed by atoms with E-state index in [1.165, 1.54) is 0 Å². The second kappa shape index (κ2) is 6.52. The first-order valence-corrected chi connectivity index (χ1v) is 10.3. The lowest BCUT2D eigenvalue weighted by molar-refractivity contribution is 0.194. The zero-order valence-electron chi connectivity index (χ0n) is 16.3. The van der Waals surface area contributed by atoms with Crippen molar-refractivity contribution in [1.82, 2.24) is 24.8 Å². The fourth-order valence-corrected chi connectivity index (χ4v) is 4.88. The normalized spacial score (nSPS) is 24.7. The number of benzene rings is 1. The fourth-order valence-electron chi connectivity index (χ4n) is 4.88. The van der Waals surface area contributed by atoms with Crippen LogP contribution in [0.1, 0.15) is 18.8 Å². The molecule has 1 aromatic carbocycles. The fraction of sp³-hybridized carbons (Fsp3) is 0.348. The summed E-state index contributed by atoms with van der Waals surface area (Å²) in [5.74, 6) is 4.10. The van der Waals surface area contributed by atoms with Crippen molar-refractivity contribution in [3.8, 4) is 5.75 Å². The highest BCUT2D eigenvalue weighted by molar-refractivity contribution is 5.87. The van der Waals surface area contributed by atoms with Crippen molar-refractivity contribution in [1.29, 1.82) is 0 Å². The van der Waals surface area contributed by atoms with E-state index in [4.69, 9.17) is 4.74 Å². The Kier molecular flexibility index (Phi) is 3.81. The van der Waals surface area contributed by atoms with Crippen LogP contribution in [0.4, 0.5) is 0 Å². The summed E-state index contributed by atoms with van der Waals surface area (Å²) in [5.41, 5.74) is 1.81. The van der Waals surface area contributed by atoms with Gasteiger partial charge >= 0.3 is 0 Å². The van der Waals surface area contributed by atoms with Crippen molar-refractivity contribution in [2.24, 2.45) is 17.8 Å². The molecule has 0 amide bonds. The molecule has 1 aliphatic carbocycles. The standard InChI is InChI=1S/C23H23N5O/c1-14(22-26-20-5-3-8-25-23(20)27-22)28-11-17-18(12-28)19(17)13-29-21-6-2-4-15-10-24-9-7-16(15)21/h2-10,14,17-19H,11-13H2,1H3,(H,25,26,27)/t14?,17-,18+,19?. The van der Waals surface area contributed by atoms with Crippen LogP contribution in [0.3, 0.4) is 0 Å². The van der Waals surface area contributed by atoms with E-state index in [-0.39, 0.29) is 6.04 Å². The molecule has 0 bridgehead atoms. The van der Waals surface area contributed by atoms with E-state index in [0.29, 0.717) is 5.92 Å². The van der Waals surface area contributed by atoms with E-state index < -0.39 is 0 Å². The maximum Gasteiger partial charge on any atom is 0.177 e. The van der Waals surface area contributed by atoms with Gasteiger partial charge in [-0.25, -0.2) is 9.97 Å². The van der Waals surface area contributed by atoms with Crippen LogP contribution in [-0.2, 0) is 0 Å². The minimum atomic E-state index is 0.282. The van der Waals surface area contributed by atoms with Gasteiger partial charge in [0.15, 0.2) is 5.65 Å². The van der Waals surface area contributed by atoms with Crippen molar-refractivity contribution in [2.45, 2.75) is 13.0 Å². The Hall–Kier alpha value is -2.99. The topological polar surface area (TPSA) is 66.9 Å². The summed E-state index contributed by atoms with van der Waals surface area (Å²) in [6.45, 7) is 5.26. The molecular formula is C23H23N5O. The molecule has 29 heavy (non-hydrogen) atoms. The number of pyridine rings is 2. The van der Waals surface area contributed by atoms with Crippen LogP contribution in [0.2, 0.25) is 0 Å². The summed E-state index contributed by atoms with van der Waals surface area (Å²) in [7, 11) is 0. The van der Waals surface area contributed by atoms with Gasteiger partial charge in [-0.2, -0.15) is 0 Å². The molecule has 4 atom stereocenters. The molecular weight excluding hydrogens is 362 g/mol. The number of hydrogen-bond acceptors (Lipinski definition) is 5. The second-order valence-corrected chi connectivity index (χ2v) is 8.28. The molecule has 6 nitrogen and oxygen atoms in total. The largest absolute Gasteiger partial charge is 0.493 e. The van der Waals surface area contributed by atoms with Gasteiger partial charge in [0.05, 0.1) is 18.2 Å². The number of aromatic amines is 1. The molecule has 2 unspecified atom stereocenters. The lowest BCUT2D eigenvalue weighted by atomic mass is 10.1. The number of rotatable bonds is 5. The van der Waals surface area contributed by atoms with Crippen molar-refractivity contribution in [3.63, 3.8) is 0 Å². The Bertz CT molecular complexity index is 1140. The third-order valence-electron chi connectivity index (χ3n) is 6.69. The molecule has 1 N–H and O–H groups in total. The van der Waals surface area contributed by atoms with Crippen molar-refractivity contribution >= 4 is 21.9 Å². The number of nitrogens with one attached hydrogen (secondary N) is 1. The molecule has 0 spiro atoms. The number of H-pyrrole nitrogens is 1. The predicted octanol–water partition coefficient (Wildman–Crippen LogP) is 3.82. The van der Waals surface area contributed by atoms with Gasteiger partial charge < -0.3 is 9.72 Å². The van der Waals surface area contributed by atoms with Crippen LogP contribution in [0, 0.1) is 17.8 Å². The summed E-state index contributed by atoms with van der Waals surface area (Å²) in [4.78, 5) is 19.2. The minimum absolute atomic E-state index is 0.282. The summed E-state index contributed by atoms with van der Waals surface area (Å²) < 4.78 is 6.23. The number of fused-ring (bicyclic) bond motifs is 3. The van der Waals surface area contributed by atoms with Crippen LogP contribution in [-0.4, -0.2) is 44.5 Å². The van der Waals surface area contributed by atoms with E-state index in [0.717, 1.165) is 65.0 Å². The Labute approximate surface area is 169 Å². The van der Waals surface area contributed by atoms with Crippen LogP contribution in [0.15, 0.2) is 55.0 Å². The number of likely N-dealkylation sites (tertiary alicyclic amines) is 1. The van der Waals surface area contributed by atoms with E-state index >= 15 is 0 Å². The first kappa shape index (κ1) is 16.9. The number of aromatic nitrogens is 4. The predicted molar refractivity (Wildman–Crippen MR) is 112 cm³/mol. The maximum absolute atomic E-state index is 6.23. The Balaban J connectivity index is 1.09. The first-order valence-electron chi connectivity index (χ1n) is 10.3. The average Bonchev–Trinajstić information content (AvgIpc) is 3.12. The number of hydrogen-bond donors (Lipinski definition) is 1. The quantitative estimate of drug-likeness (QED) is 0.566. The molecule has 2 aliphatic rings. The number of ether oxygens (including phenoxy) is 1. The van der Waals surface area contributed by atoms with Crippen LogP contribution >= 0.6 is 0 Å². The summed E-state index contributed by atoms with van der Waals surface area (Å²) in [6, 6.07) is 12.5. The summed E-state index contributed by atoms with van der Waals surface area (Å²) >= 11 is 0. The zero-order chi connectivity index (χ0) is 19.4. The van der Waals surface area contributed by atoms with Crippen molar-refractivity contribution in [2.75, 3.05) is 19.7 Å². The van der Waals surface area contributed by atoms with E-state index in [1.807, 2.05) is 36.7 Å². The first-order chi connectivity index (χ1) is 14.3. The molecule has 1 aliphatic heterocycles. The van der Waals surface area contributed by atoms with E-state index in [2.05, 4.69) is 43.9 Å². The van der Waals surface area contributed by atoms with Crippen molar-refractivity contribution in [3.05, 3.63) is 60.8 Å². The molecule has 0 radical (unpaired) electrons. The second-order valence-electron chi connectivity index (χ2n) is 8.28. The number of imidazole rings is 1. The molecule has 146 valence electrons. The van der Waals surface area contributed by atoms with Gasteiger partial charge in [0.1, 0.15) is 11.6 Å². The van der Waals surface area contributed by atoms with Gasteiger partial charge in [0.25, 0.3) is 0 Å². The highest BCUT2D eigenvalue weighted by atomic mass is 16.5. The van der Waals surface area contributed by atoms with Gasteiger partial charge in [-0.3, -0.25) is 9.88 Å². The molecule has 6 rings (SSSR count). The third kappa shape index (κ3) is 2.86. The average molecular weight is 385 g/mol. The maximum atomic E-state index is 6.23. The molecule has 1 saturated heterocycles. The number of nitrogens with zero attached hydrogens (tertiary/aromatic N) is 4. The summed E-state index contributed by atoms with van der Waals surface area (Å²) in [6.07, 6.45) is 5.51. The Morgan fingerprint density at radius 1 is 1.14 bits per heavy atom. The monoisotopic (exact) mass is 385 g/mol. The Morgan fingerprint density at radius 3 is 2.90 bits per heavy atom. The van der Waals surface area contributed by atoms with Crippen LogP contribution in [0.25, 0.3) is 21.9 Å². The van der Waals surface area contributed by atoms with E-state index in [9.17, 15) is 0 Å². The molecule has 3 aromatic heterocycles. The lowest BCUT2D eigenvalue weighted by Gasteiger charge is -2.25. The Morgan fingerprint density at radius 2 is 2.03 bits per heavy atom. The van der Waals surface area contributed by atoms with Crippen LogP contribution in [0.5, 0.6) is 5.75 Å². The summed E-state index contributed by atoms with van der Waals surface area (Å²) in [5, 5.41) is 2.27. The SMILES string of the molecule is CC(c1nc2ncccc2[nH]1)N1C[C@@H]2C(COc3cccc4cnccc34)[C@@H]2C1. The molecule has 4 aromatic rings. The minimum Gasteiger partial charge on any atom is -0.493 e. The van der Waals surface area contributed by atoms with Crippen LogP contribution < -0.4 is 4.74 Å². The zero-order valence-corrected chi connectivity index (χ0v) is 16.3. The van der Waals surface area contributed by atoms with Crippen molar-refractivity contribution < 1.29 is 4.74 Å². The molecule has 2 fully saturated rings. The van der Waals surface area contributed by atoms with Gasteiger partial charge in [-0.1, -0.05) is 12.1 Å². The highest BCUT2D eigenvalue weighted by Gasteiger charge is 2.56.